The van der Waals surface area contributed by atoms with Gasteiger partial charge in [0.25, 0.3) is 0 Å². The van der Waals surface area contributed by atoms with E-state index in [4.69, 9.17) is 9.47 Å². The number of hydrogen-bond donors (Lipinski definition) is 1. The molecule has 202 valence electrons. The molecule has 7 heteroatoms. The first-order valence-corrected chi connectivity index (χ1v) is 13.8. The van der Waals surface area contributed by atoms with Crippen LogP contribution in [0, 0.1) is 0 Å². The molecule has 0 aromatic heterocycles. The summed E-state index contributed by atoms with van der Waals surface area (Å²) >= 11 is 1.53. The number of nitrogens with one attached hydrogen (secondary N) is 1. The minimum Gasteiger partial charge on any atom is -0.497 e. The Labute approximate surface area is 230 Å². The highest BCUT2D eigenvalue weighted by Gasteiger charge is 2.32. The number of methoxy groups -OCH3 is 2. The lowest BCUT2D eigenvalue weighted by atomic mass is 10.0. The average Bonchev–Trinajstić information content (AvgIpc) is 2.90. The summed E-state index contributed by atoms with van der Waals surface area (Å²) < 4.78 is 10.6. The fraction of sp³-hybridized carbons (Fsp3) is 0.355. The van der Waals surface area contributed by atoms with E-state index in [1.54, 1.807) is 19.1 Å². The number of thioether (sulfide) groups is 1. The van der Waals surface area contributed by atoms with Crippen molar-refractivity contribution in [2.45, 2.75) is 51.1 Å². The fourth-order valence-electron chi connectivity index (χ4n) is 4.04. The summed E-state index contributed by atoms with van der Waals surface area (Å²) in [5.74, 6) is 2.19. The Morgan fingerprint density at radius 2 is 1.50 bits per heavy atom. The van der Waals surface area contributed by atoms with E-state index in [0.29, 0.717) is 24.5 Å². The van der Waals surface area contributed by atoms with Crippen LogP contribution in [0.5, 0.6) is 11.5 Å². The Morgan fingerprint density at radius 1 is 0.842 bits per heavy atom. The van der Waals surface area contributed by atoms with Crippen molar-refractivity contribution in [2.24, 2.45) is 0 Å². The molecule has 0 saturated heterocycles. The molecule has 0 aliphatic heterocycles. The van der Waals surface area contributed by atoms with Gasteiger partial charge in [-0.3, -0.25) is 9.59 Å². The van der Waals surface area contributed by atoms with Crippen molar-refractivity contribution in [3.05, 3.63) is 95.6 Å². The highest BCUT2D eigenvalue weighted by atomic mass is 32.2. The van der Waals surface area contributed by atoms with Crippen LogP contribution in [0.1, 0.15) is 37.5 Å². The summed E-state index contributed by atoms with van der Waals surface area (Å²) in [6.07, 6.45) is 0.418. The van der Waals surface area contributed by atoms with Crippen molar-refractivity contribution in [2.75, 3.05) is 20.0 Å². The van der Waals surface area contributed by atoms with Crippen LogP contribution in [-0.4, -0.2) is 48.3 Å². The third-order valence-electron chi connectivity index (χ3n) is 5.91. The summed E-state index contributed by atoms with van der Waals surface area (Å²) in [6.45, 7) is 6.14. The summed E-state index contributed by atoms with van der Waals surface area (Å²) in [4.78, 5) is 29.1. The van der Waals surface area contributed by atoms with Crippen LogP contribution in [0.25, 0.3) is 0 Å². The smallest absolute Gasteiger partial charge is 0.243 e. The van der Waals surface area contributed by atoms with Crippen LogP contribution < -0.4 is 14.8 Å². The minimum atomic E-state index is -0.670. The molecule has 0 saturated carbocycles. The molecule has 0 bridgehead atoms. The molecule has 1 N–H and O–H groups in total. The standard InChI is InChI=1S/C31H38N2O4S/c1-31(2,3)32-30(35)28(19-23-10-7-6-8-11-23)33(20-25-12-9-13-27(18-25)37-5)29(34)22-38-21-24-14-16-26(36-4)17-15-24/h6-18,28H,19-22H2,1-5H3,(H,32,35). The number of ether oxygens (including phenoxy) is 2. The van der Waals surface area contributed by atoms with Crippen molar-refractivity contribution >= 4 is 23.6 Å². The van der Waals surface area contributed by atoms with Gasteiger partial charge in [-0.05, 0) is 61.7 Å². The van der Waals surface area contributed by atoms with Gasteiger partial charge >= 0.3 is 0 Å². The van der Waals surface area contributed by atoms with Crippen molar-refractivity contribution < 1.29 is 19.1 Å². The summed E-state index contributed by atoms with van der Waals surface area (Å²) in [6, 6.07) is 24.6. The second kappa shape index (κ2) is 13.9. The molecule has 6 nitrogen and oxygen atoms in total. The first kappa shape index (κ1) is 29.1. The van der Waals surface area contributed by atoms with Gasteiger partial charge in [-0.2, -0.15) is 0 Å². The number of amides is 2. The van der Waals surface area contributed by atoms with E-state index in [1.165, 1.54) is 11.8 Å². The van der Waals surface area contributed by atoms with Gasteiger partial charge in [-0.15, -0.1) is 11.8 Å². The van der Waals surface area contributed by atoms with Gasteiger partial charge in [0.2, 0.25) is 11.8 Å². The Hall–Kier alpha value is -3.45. The molecule has 0 aliphatic carbocycles. The van der Waals surface area contributed by atoms with Gasteiger partial charge in [0, 0.05) is 24.3 Å². The minimum absolute atomic E-state index is 0.0867. The maximum Gasteiger partial charge on any atom is 0.243 e. The maximum atomic E-state index is 13.8. The molecule has 0 heterocycles. The number of carbonyl (C=O) groups is 2. The summed E-state index contributed by atoms with van der Waals surface area (Å²) in [7, 11) is 3.26. The maximum absolute atomic E-state index is 13.8. The van der Waals surface area contributed by atoms with Crippen LogP contribution in [0.3, 0.4) is 0 Å². The molecule has 38 heavy (non-hydrogen) atoms. The molecule has 0 spiro atoms. The van der Waals surface area contributed by atoms with E-state index in [2.05, 4.69) is 5.32 Å². The van der Waals surface area contributed by atoms with Crippen LogP contribution in [0.15, 0.2) is 78.9 Å². The molecule has 0 aliphatic rings. The molecule has 3 aromatic rings. The summed E-state index contributed by atoms with van der Waals surface area (Å²) in [5, 5.41) is 3.10. The molecule has 2 amide bonds. The number of carbonyl (C=O) groups excluding carboxylic acids is 2. The number of rotatable bonds is 12. The fourth-order valence-corrected chi connectivity index (χ4v) is 4.91. The number of nitrogens with zero attached hydrogens (tertiary/aromatic N) is 1. The van der Waals surface area contributed by atoms with Crippen LogP contribution >= 0.6 is 11.8 Å². The Bertz CT molecular complexity index is 1180. The Balaban J connectivity index is 1.86. The van der Waals surface area contributed by atoms with E-state index in [0.717, 1.165) is 22.4 Å². The highest BCUT2D eigenvalue weighted by molar-refractivity contribution is 7.99. The van der Waals surface area contributed by atoms with E-state index >= 15 is 0 Å². The van der Waals surface area contributed by atoms with Gasteiger partial charge in [0.05, 0.1) is 20.0 Å². The molecular weight excluding hydrogens is 496 g/mol. The molecule has 3 aromatic carbocycles. The Kier molecular flexibility index (Phi) is 10.7. The predicted molar refractivity (Wildman–Crippen MR) is 155 cm³/mol. The average molecular weight is 535 g/mol. The quantitative estimate of drug-likeness (QED) is 0.333. The lowest BCUT2D eigenvalue weighted by Crippen LogP contribution is -2.54. The SMILES string of the molecule is COc1ccc(CSCC(=O)N(Cc2cccc(OC)c2)C(Cc2ccccc2)C(=O)NC(C)(C)C)cc1. The Morgan fingerprint density at radius 3 is 2.13 bits per heavy atom. The lowest BCUT2D eigenvalue weighted by molar-refractivity contribution is -0.140. The molecule has 1 atom stereocenters. The topological polar surface area (TPSA) is 67.9 Å². The van der Waals surface area contributed by atoms with E-state index in [9.17, 15) is 9.59 Å². The molecular formula is C31H38N2O4S. The molecule has 0 radical (unpaired) electrons. The van der Waals surface area contributed by atoms with E-state index in [1.807, 2.05) is 99.6 Å². The van der Waals surface area contributed by atoms with Crippen molar-refractivity contribution in [1.82, 2.24) is 10.2 Å². The van der Waals surface area contributed by atoms with E-state index < -0.39 is 11.6 Å². The predicted octanol–water partition coefficient (Wildman–Crippen LogP) is 5.49. The van der Waals surface area contributed by atoms with Gasteiger partial charge in [-0.1, -0.05) is 54.6 Å². The molecule has 3 rings (SSSR count). The summed E-state index contributed by atoms with van der Waals surface area (Å²) in [5.41, 5.74) is 2.57. The second-order valence-electron chi connectivity index (χ2n) is 10.2. The first-order valence-electron chi connectivity index (χ1n) is 12.7. The van der Waals surface area contributed by atoms with Gasteiger partial charge in [0.15, 0.2) is 0 Å². The largest absolute Gasteiger partial charge is 0.497 e. The van der Waals surface area contributed by atoms with Crippen molar-refractivity contribution in [3.8, 4) is 11.5 Å². The van der Waals surface area contributed by atoms with Crippen LogP contribution in [0.4, 0.5) is 0 Å². The van der Waals surface area contributed by atoms with Gasteiger partial charge < -0.3 is 19.7 Å². The van der Waals surface area contributed by atoms with Crippen molar-refractivity contribution in [3.63, 3.8) is 0 Å². The molecule has 0 fully saturated rings. The monoisotopic (exact) mass is 534 g/mol. The first-order chi connectivity index (χ1) is 18.2. The zero-order chi connectivity index (χ0) is 27.5. The van der Waals surface area contributed by atoms with Gasteiger partial charge in [-0.25, -0.2) is 0 Å². The van der Waals surface area contributed by atoms with Crippen LogP contribution in [-0.2, 0) is 28.3 Å². The molecule has 1 unspecified atom stereocenters. The zero-order valence-corrected chi connectivity index (χ0v) is 23.7. The third-order valence-corrected chi connectivity index (χ3v) is 6.90. The lowest BCUT2D eigenvalue weighted by Gasteiger charge is -2.34. The van der Waals surface area contributed by atoms with Crippen LogP contribution in [0.2, 0.25) is 0 Å². The van der Waals surface area contributed by atoms with E-state index in [-0.39, 0.29) is 17.6 Å². The van der Waals surface area contributed by atoms with Gasteiger partial charge in [0.1, 0.15) is 17.5 Å². The number of hydrogen-bond acceptors (Lipinski definition) is 5. The highest BCUT2D eigenvalue weighted by Crippen LogP contribution is 2.22. The second-order valence-corrected chi connectivity index (χ2v) is 11.1. The normalized spacial score (nSPS) is 11.9. The van der Waals surface area contributed by atoms with Crippen molar-refractivity contribution in [1.29, 1.82) is 0 Å². The number of benzene rings is 3. The zero-order valence-electron chi connectivity index (χ0n) is 22.9. The third kappa shape index (κ3) is 9.14.